The molecule has 39 heavy (non-hydrogen) atoms. The van der Waals surface area contributed by atoms with E-state index in [-0.39, 0.29) is 16.9 Å². The molecule has 1 amide bonds. The van der Waals surface area contributed by atoms with E-state index in [0.29, 0.717) is 43.3 Å². The lowest BCUT2D eigenvalue weighted by Gasteiger charge is -2.30. The third-order valence-corrected chi connectivity index (χ3v) is 6.17. The van der Waals surface area contributed by atoms with Gasteiger partial charge in [-0.1, -0.05) is 48.5 Å². The number of pyridine rings is 1. The first-order valence-electron chi connectivity index (χ1n) is 12.2. The van der Waals surface area contributed by atoms with Crippen LogP contribution in [0.25, 0.3) is 0 Å². The van der Waals surface area contributed by atoms with Crippen LogP contribution in [0.4, 0.5) is 20.2 Å². The molecule has 1 aromatic heterocycles. The van der Waals surface area contributed by atoms with Crippen LogP contribution in [0.2, 0.25) is 0 Å². The van der Waals surface area contributed by atoms with Gasteiger partial charge in [-0.25, -0.2) is 18.8 Å². The molecule has 200 valence electrons. The van der Waals surface area contributed by atoms with E-state index < -0.39 is 30.4 Å². The Balaban J connectivity index is 1.38. The molecule has 0 spiro atoms. The van der Waals surface area contributed by atoms with Gasteiger partial charge in [0.15, 0.2) is 0 Å². The Morgan fingerprint density at radius 2 is 1.82 bits per heavy atom. The number of fused-ring (bicyclic) bond motifs is 1. The van der Waals surface area contributed by atoms with Crippen LogP contribution in [0.1, 0.15) is 28.8 Å². The Kier molecular flexibility index (Phi) is 7.55. The normalized spacial score (nSPS) is 17.0. The van der Waals surface area contributed by atoms with Crippen molar-refractivity contribution in [1.29, 1.82) is 10.8 Å². The van der Waals surface area contributed by atoms with Crippen molar-refractivity contribution in [3.8, 4) is 0 Å². The van der Waals surface area contributed by atoms with Crippen LogP contribution in [-0.2, 0) is 14.3 Å². The summed E-state index contributed by atoms with van der Waals surface area (Å²) in [5, 5.41) is 22.2. The van der Waals surface area contributed by atoms with E-state index in [1.165, 1.54) is 6.07 Å². The Hall–Kier alpha value is -4.71. The summed E-state index contributed by atoms with van der Waals surface area (Å²) in [6, 6.07) is 17.2. The number of benzodiazepines with no additional fused rings is 1. The van der Waals surface area contributed by atoms with Gasteiger partial charge in [-0.2, -0.15) is 0 Å². The smallest absolute Gasteiger partial charge is 0.290 e. The quantitative estimate of drug-likeness (QED) is 0.293. The maximum atomic E-state index is 13.4. The topological polar surface area (TPSA) is 136 Å². The second-order valence-corrected chi connectivity index (χ2v) is 8.72. The maximum absolute atomic E-state index is 13.4. The van der Waals surface area contributed by atoms with Crippen LogP contribution >= 0.6 is 0 Å². The molecule has 2 aliphatic heterocycles. The second-order valence-electron chi connectivity index (χ2n) is 8.72. The minimum absolute atomic E-state index is 0.0148. The van der Waals surface area contributed by atoms with Crippen LogP contribution in [0, 0.1) is 10.8 Å². The van der Waals surface area contributed by atoms with Gasteiger partial charge >= 0.3 is 0 Å². The molecule has 5 rings (SSSR count). The summed E-state index contributed by atoms with van der Waals surface area (Å²) >= 11 is 0. The zero-order chi connectivity index (χ0) is 27.4. The van der Waals surface area contributed by atoms with Crippen molar-refractivity contribution in [2.24, 2.45) is 4.99 Å². The molecule has 3 aromatic rings. The molecule has 0 bridgehead atoms. The molecule has 0 saturated carbocycles. The standard InChI is InChI=1S/C27H25F2N7O3/c28-23(29)17-14-20(36-10-12-38-13-11-36)22(32-15-17)24(30)39-27(31)35-25-26(37)33-19-9-5-4-8-18(19)21(34-25)16-6-2-1-3-7-16/h1-9,14-15,23,25,30H,10-13H2,(H2,31,35)(H,33,37). The fraction of sp³-hybridized carbons (Fsp3) is 0.222. The highest BCUT2D eigenvalue weighted by molar-refractivity contribution is 6.19. The summed E-state index contributed by atoms with van der Waals surface area (Å²) in [5.41, 5.74) is 2.54. The van der Waals surface area contributed by atoms with Crippen LogP contribution in [0.3, 0.4) is 0 Å². The van der Waals surface area contributed by atoms with Crippen molar-refractivity contribution in [3.05, 3.63) is 89.2 Å². The molecule has 2 aliphatic rings. The molecule has 12 heteroatoms. The first-order chi connectivity index (χ1) is 18.9. The number of amidine groups is 1. The number of nitrogens with zero attached hydrogens (tertiary/aromatic N) is 3. The van der Waals surface area contributed by atoms with E-state index in [1.54, 1.807) is 17.0 Å². The van der Waals surface area contributed by atoms with E-state index >= 15 is 0 Å². The van der Waals surface area contributed by atoms with Crippen molar-refractivity contribution in [1.82, 2.24) is 10.3 Å². The average molecular weight is 534 g/mol. The van der Waals surface area contributed by atoms with Crippen molar-refractivity contribution in [3.63, 3.8) is 0 Å². The molecule has 3 heterocycles. The monoisotopic (exact) mass is 533 g/mol. The summed E-state index contributed by atoms with van der Waals surface area (Å²) in [4.78, 5) is 23.4. The zero-order valence-electron chi connectivity index (χ0n) is 20.7. The summed E-state index contributed by atoms with van der Waals surface area (Å²) in [7, 11) is 0. The molecular formula is C27H25F2N7O3. The number of halogens is 2. The number of morpholine rings is 1. The Bertz CT molecular complexity index is 1430. The molecule has 0 radical (unpaired) electrons. The van der Waals surface area contributed by atoms with Crippen LogP contribution in [0.15, 0.2) is 71.9 Å². The number of aliphatic imine (C=N–C) groups is 1. The molecule has 1 unspecified atom stereocenters. The average Bonchev–Trinajstić information content (AvgIpc) is 3.09. The van der Waals surface area contributed by atoms with Crippen molar-refractivity contribution >= 4 is 34.9 Å². The number of hydrogen-bond donors (Lipinski definition) is 4. The number of rotatable bonds is 5. The van der Waals surface area contributed by atoms with E-state index in [2.05, 4.69) is 20.6 Å². The van der Waals surface area contributed by atoms with Gasteiger partial charge in [0.25, 0.3) is 18.4 Å². The second kappa shape index (κ2) is 11.4. The minimum Gasteiger partial charge on any atom is -0.405 e. The predicted molar refractivity (Wildman–Crippen MR) is 142 cm³/mol. The van der Waals surface area contributed by atoms with E-state index in [4.69, 9.17) is 20.3 Å². The summed E-state index contributed by atoms with van der Waals surface area (Å²) in [6.07, 6.45) is -3.01. The number of alkyl halides is 2. The Labute approximate surface area is 222 Å². The van der Waals surface area contributed by atoms with Gasteiger partial charge in [-0.15, -0.1) is 0 Å². The summed E-state index contributed by atoms with van der Waals surface area (Å²) in [5.74, 6) is -1.07. The van der Waals surface area contributed by atoms with Gasteiger partial charge in [-0.05, 0) is 12.1 Å². The lowest BCUT2D eigenvalue weighted by Crippen LogP contribution is -2.43. The zero-order valence-corrected chi connectivity index (χ0v) is 20.7. The third-order valence-electron chi connectivity index (χ3n) is 6.17. The van der Waals surface area contributed by atoms with E-state index in [1.807, 2.05) is 42.5 Å². The van der Waals surface area contributed by atoms with Crippen LogP contribution in [-0.4, -0.2) is 61.0 Å². The number of benzene rings is 2. The molecule has 1 atom stereocenters. The SMILES string of the molecule is N=C(NC1N=C(c2ccccc2)c2ccccc2NC1=O)OC(=N)c1ncc(C(F)F)cc1N1CCOCC1. The largest absolute Gasteiger partial charge is 0.405 e. The predicted octanol–water partition coefficient (Wildman–Crippen LogP) is 3.54. The fourth-order valence-electron chi connectivity index (χ4n) is 4.29. The van der Waals surface area contributed by atoms with Crippen molar-refractivity contribution in [2.75, 3.05) is 36.5 Å². The molecule has 1 fully saturated rings. The number of nitrogens with one attached hydrogen (secondary N) is 4. The lowest BCUT2D eigenvalue weighted by atomic mass is 10.0. The number of aromatic nitrogens is 1. The fourth-order valence-corrected chi connectivity index (χ4v) is 4.29. The summed E-state index contributed by atoms with van der Waals surface area (Å²) < 4.78 is 37.5. The first-order valence-corrected chi connectivity index (χ1v) is 12.2. The van der Waals surface area contributed by atoms with Gasteiger partial charge in [0.1, 0.15) is 5.69 Å². The Morgan fingerprint density at radius 1 is 1.10 bits per heavy atom. The first kappa shape index (κ1) is 25.9. The number of anilines is 2. The van der Waals surface area contributed by atoms with Gasteiger partial charge in [0, 0.05) is 36.0 Å². The number of carbonyl (C=O) groups is 1. The molecule has 1 saturated heterocycles. The van der Waals surface area contributed by atoms with Gasteiger partial charge in [-0.3, -0.25) is 15.6 Å². The lowest BCUT2D eigenvalue weighted by molar-refractivity contribution is -0.117. The summed E-state index contributed by atoms with van der Waals surface area (Å²) in [6.45, 7) is 1.63. The molecule has 10 nitrogen and oxygen atoms in total. The van der Waals surface area contributed by atoms with Gasteiger partial charge in [0.05, 0.1) is 30.3 Å². The third kappa shape index (κ3) is 5.75. The van der Waals surface area contributed by atoms with E-state index in [0.717, 1.165) is 11.8 Å². The minimum atomic E-state index is -2.74. The van der Waals surface area contributed by atoms with Crippen LogP contribution in [0.5, 0.6) is 0 Å². The number of hydrogen-bond acceptors (Lipinski definition) is 8. The van der Waals surface area contributed by atoms with E-state index in [9.17, 15) is 13.6 Å². The molecular weight excluding hydrogens is 508 g/mol. The number of carbonyl (C=O) groups excluding carboxylic acids is 1. The van der Waals surface area contributed by atoms with Crippen molar-refractivity contribution < 1.29 is 23.0 Å². The number of para-hydroxylation sites is 1. The number of ether oxygens (including phenoxy) is 2. The van der Waals surface area contributed by atoms with Gasteiger partial charge < -0.3 is 25.0 Å². The molecule has 4 N–H and O–H groups in total. The maximum Gasteiger partial charge on any atom is 0.290 e. The number of amides is 1. The highest BCUT2D eigenvalue weighted by Gasteiger charge is 2.28. The Morgan fingerprint density at radius 3 is 2.56 bits per heavy atom. The van der Waals surface area contributed by atoms with Crippen LogP contribution < -0.4 is 15.5 Å². The molecule has 0 aliphatic carbocycles. The van der Waals surface area contributed by atoms with Gasteiger partial charge in [0.2, 0.25) is 12.1 Å². The highest BCUT2D eigenvalue weighted by Crippen LogP contribution is 2.28. The highest BCUT2D eigenvalue weighted by atomic mass is 19.3. The van der Waals surface area contributed by atoms with Crippen molar-refractivity contribution in [2.45, 2.75) is 12.6 Å². The molecule has 2 aromatic carbocycles.